The van der Waals surface area contributed by atoms with Crippen LogP contribution in [0.5, 0.6) is 0 Å². The molecule has 100 valence electrons. The summed E-state index contributed by atoms with van der Waals surface area (Å²) in [4.78, 5) is 11.5. The van der Waals surface area contributed by atoms with Crippen LogP contribution in [0.2, 0.25) is 0 Å². The Morgan fingerprint density at radius 3 is 2.71 bits per heavy atom. The second-order valence-corrected chi connectivity index (χ2v) is 4.73. The first kappa shape index (κ1) is 14.5. The van der Waals surface area contributed by atoms with Crippen LogP contribution in [0.15, 0.2) is 0 Å². The van der Waals surface area contributed by atoms with Gasteiger partial charge in [-0.05, 0) is 44.4 Å². The Morgan fingerprint density at radius 1 is 1.24 bits per heavy atom. The van der Waals surface area contributed by atoms with E-state index < -0.39 is 0 Å². The first-order valence-electron chi connectivity index (χ1n) is 6.78. The van der Waals surface area contributed by atoms with Gasteiger partial charge in [0.1, 0.15) is 0 Å². The smallest absolute Gasteiger partial charge is 0.220 e. The van der Waals surface area contributed by atoms with E-state index >= 15 is 0 Å². The van der Waals surface area contributed by atoms with Gasteiger partial charge < -0.3 is 15.2 Å². The van der Waals surface area contributed by atoms with Gasteiger partial charge in [-0.2, -0.15) is 0 Å². The van der Waals surface area contributed by atoms with Crippen LogP contribution in [0.25, 0.3) is 0 Å². The molecule has 0 aromatic rings. The minimum absolute atomic E-state index is 0.167. The minimum atomic E-state index is 0.167. The fourth-order valence-corrected chi connectivity index (χ4v) is 2.10. The van der Waals surface area contributed by atoms with Crippen LogP contribution in [0.3, 0.4) is 0 Å². The van der Waals surface area contributed by atoms with E-state index in [-0.39, 0.29) is 12.5 Å². The Hall–Kier alpha value is -0.610. The van der Waals surface area contributed by atoms with E-state index in [2.05, 4.69) is 5.32 Å². The summed E-state index contributed by atoms with van der Waals surface area (Å²) in [5.74, 6) is 0.837. The summed E-state index contributed by atoms with van der Waals surface area (Å²) < 4.78 is 5.29. The fraction of sp³-hybridized carbons (Fsp3) is 0.923. The molecular weight excluding hydrogens is 218 g/mol. The van der Waals surface area contributed by atoms with Gasteiger partial charge in [-0.1, -0.05) is 0 Å². The lowest BCUT2D eigenvalue weighted by molar-refractivity contribution is -0.121. The van der Waals surface area contributed by atoms with Gasteiger partial charge in [-0.25, -0.2) is 0 Å². The quantitative estimate of drug-likeness (QED) is 0.635. The Labute approximate surface area is 104 Å². The Bertz CT molecular complexity index is 203. The van der Waals surface area contributed by atoms with Crippen molar-refractivity contribution in [1.29, 1.82) is 0 Å². The number of amides is 1. The SMILES string of the molecule is O=C(CCC1CCOCC1)NCCCCCO. The second kappa shape index (κ2) is 9.42. The number of rotatable bonds is 8. The summed E-state index contributed by atoms with van der Waals surface area (Å²) in [6.45, 7) is 2.70. The lowest BCUT2D eigenvalue weighted by Gasteiger charge is -2.21. The molecule has 1 fully saturated rings. The lowest BCUT2D eigenvalue weighted by Crippen LogP contribution is -2.25. The highest BCUT2D eigenvalue weighted by atomic mass is 16.5. The molecule has 0 spiro atoms. The van der Waals surface area contributed by atoms with Crippen LogP contribution in [0, 0.1) is 5.92 Å². The van der Waals surface area contributed by atoms with Gasteiger partial charge in [0, 0.05) is 32.8 Å². The van der Waals surface area contributed by atoms with Crippen molar-refractivity contribution in [3.05, 3.63) is 0 Å². The van der Waals surface area contributed by atoms with Crippen molar-refractivity contribution in [2.45, 2.75) is 44.9 Å². The maximum absolute atomic E-state index is 11.5. The summed E-state index contributed by atoms with van der Waals surface area (Å²) in [6, 6.07) is 0. The van der Waals surface area contributed by atoms with Crippen molar-refractivity contribution in [1.82, 2.24) is 5.32 Å². The normalized spacial score (nSPS) is 17.0. The lowest BCUT2D eigenvalue weighted by atomic mass is 9.95. The van der Waals surface area contributed by atoms with Crippen LogP contribution in [-0.2, 0) is 9.53 Å². The van der Waals surface area contributed by atoms with E-state index in [1.54, 1.807) is 0 Å². The van der Waals surface area contributed by atoms with Crippen molar-refractivity contribution in [2.24, 2.45) is 5.92 Å². The van der Waals surface area contributed by atoms with Crippen molar-refractivity contribution in [2.75, 3.05) is 26.4 Å². The summed E-state index contributed by atoms with van der Waals surface area (Å²) in [7, 11) is 0. The molecule has 1 heterocycles. The van der Waals surface area contributed by atoms with Gasteiger partial charge in [0.25, 0.3) is 0 Å². The van der Waals surface area contributed by atoms with E-state index in [1.807, 2.05) is 0 Å². The topological polar surface area (TPSA) is 58.6 Å². The highest BCUT2D eigenvalue weighted by Gasteiger charge is 2.14. The van der Waals surface area contributed by atoms with Crippen molar-refractivity contribution in [3.63, 3.8) is 0 Å². The average molecular weight is 243 g/mol. The number of hydrogen-bond donors (Lipinski definition) is 2. The predicted octanol–water partition coefficient (Wildman–Crippen LogP) is 1.47. The number of nitrogens with one attached hydrogen (secondary N) is 1. The summed E-state index contributed by atoms with van der Waals surface area (Å²) in [6.07, 6.45) is 6.61. The molecule has 0 aromatic heterocycles. The number of hydrogen-bond acceptors (Lipinski definition) is 3. The highest BCUT2D eigenvalue weighted by molar-refractivity contribution is 5.75. The van der Waals surface area contributed by atoms with Crippen LogP contribution >= 0.6 is 0 Å². The van der Waals surface area contributed by atoms with Gasteiger partial charge in [-0.3, -0.25) is 4.79 Å². The molecule has 1 aliphatic rings. The van der Waals surface area contributed by atoms with Gasteiger partial charge in [0.05, 0.1) is 0 Å². The number of carbonyl (C=O) groups excluding carboxylic acids is 1. The van der Waals surface area contributed by atoms with Crippen molar-refractivity contribution >= 4 is 5.91 Å². The number of unbranched alkanes of at least 4 members (excludes halogenated alkanes) is 2. The van der Waals surface area contributed by atoms with E-state index in [0.717, 1.165) is 58.3 Å². The molecule has 0 bridgehead atoms. The van der Waals surface area contributed by atoms with E-state index in [1.165, 1.54) is 0 Å². The van der Waals surface area contributed by atoms with Gasteiger partial charge in [-0.15, -0.1) is 0 Å². The van der Waals surface area contributed by atoms with Gasteiger partial charge >= 0.3 is 0 Å². The summed E-state index contributed by atoms with van der Waals surface area (Å²) >= 11 is 0. The first-order valence-corrected chi connectivity index (χ1v) is 6.78. The third-order valence-electron chi connectivity index (χ3n) is 3.28. The van der Waals surface area contributed by atoms with Crippen LogP contribution in [0.1, 0.15) is 44.9 Å². The summed E-state index contributed by atoms with van der Waals surface area (Å²) in [5, 5.41) is 11.5. The van der Waals surface area contributed by atoms with Crippen molar-refractivity contribution in [3.8, 4) is 0 Å². The molecule has 0 aliphatic carbocycles. The molecule has 4 nitrogen and oxygen atoms in total. The molecule has 0 aromatic carbocycles. The molecule has 0 atom stereocenters. The molecule has 0 unspecified atom stereocenters. The molecule has 1 rings (SSSR count). The largest absolute Gasteiger partial charge is 0.396 e. The zero-order valence-corrected chi connectivity index (χ0v) is 10.6. The van der Waals surface area contributed by atoms with E-state index in [9.17, 15) is 4.79 Å². The molecule has 0 saturated carbocycles. The maximum atomic E-state index is 11.5. The standard InChI is InChI=1S/C13H25NO3/c15-9-3-1-2-8-14-13(16)5-4-12-6-10-17-11-7-12/h12,15H,1-11H2,(H,14,16). The fourth-order valence-electron chi connectivity index (χ4n) is 2.10. The molecule has 1 saturated heterocycles. The Kier molecular flexibility index (Phi) is 8.01. The Morgan fingerprint density at radius 2 is 2.00 bits per heavy atom. The third-order valence-corrected chi connectivity index (χ3v) is 3.28. The van der Waals surface area contributed by atoms with Crippen LogP contribution in [0.4, 0.5) is 0 Å². The molecule has 2 N–H and O–H groups in total. The monoisotopic (exact) mass is 243 g/mol. The highest BCUT2D eigenvalue weighted by Crippen LogP contribution is 2.19. The zero-order chi connectivity index (χ0) is 12.3. The number of ether oxygens (including phenoxy) is 1. The maximum Gasteiger partial charge on any atom is 0.220 e. The second-order valence-electron chi connectivity index (χ2n) is 4.73. The minimum Gasteiger partial charge on any atom is -0.396 e. The van der Waals surface area contributed by atoms with Crippen LogP contribution in [-0.4, -0.2) is 37.4 Å². The average Bonchev–Trinajstić information content (AvgIpc) is 2.37. The molecular formula is C13H25NO3. The molecule has 4 heteroatoms. The number of carbonyl (C=O) groups is 1. The first-order chi connectivity index (χ1) is 8.33. The van der Waals surface area contributed by atoms with Crippen molar-refractivity contribution < 1.29 is 14.6 Å². The van der Waals surface area contributed by atoms with E-state index in [0.29, 0.717) is 12.3 Å². The molecule has 0 radical (unpaired) electrons. The van der Waals surface area contributed by atoms with Crippen LogP contribution < -0.4 is 5.32 Å². The summed E-state index contributed by atoms with van der Waals surface area (Å²) in [5.41, 5.74) is 0. The predicted molar refractivity (Wildman–Crippen MR) is 66.7 cm³/mol. The number of aliphatic hydroxyl groups is 1. The van der Waals surface area contributed by atoms with E-state index in [4.69, 9.17) is 9.84 Å². The van der Waals surface area contributed by atoms with Gasteiger partial charge in [0.2, 0.25) is 5.91 Å². The van der Waals surface area contributed by atoms with Gasteiger partial charge in [0.15, 0.2) is 0 Å². The molecule has 1 amide bonds. The molecule has 17 heavy (non-hydrogen) atoms. The number of aliphatic hydroxyl groups excluding tert-OH is 1. The zero-order valence-electron chi connectivity index (χ0n) is 10.6. The third kappa shape index (κ3) is 7.34. The molecule has 1 aliphatic heterocycles. The Balaban J connectivity index is 1.93.